The van der Waals surface area contributed by atoms with Crippen LogP contribution in [0.5, 0.6) is 0 Å². The Bertz CT molecular complexity index is 839. The number of para-hydroxylation sites is 1. The molecule has 0 aliphatic rings. The molecule has 4 N–H and O–H groups in total. The van der Waals surface area contributed by atoms with Crippen LogP contribution in [0.25, 0.3) is 0 Å². The largest absolute Gasteiger partial charge is 0.342 e. The van der Waals surface area contributed by atoms with Gasteiger partial charge in [-0.25, -0.2) is 0 Å². The summed E-state index contributed by atoms with van der Waals surface area (Å²) in [7, 11) is 0. The Labute approximate surface area is 180 Å². The van der Waals surface area contributed by atoms with Crippen molar-refractivity contribution in [3.8, 4) is 0 Å². The van der Waals surface area contributed by atoms with Crippen molar-refractivity contribution in [3.05, 3.63) is 64.7 Å². The minimum atomic E-state index is -0.289. The number of quaternary nitrogens is 1. The Balaban J connectivity index is 1.83. The van der Waals surface area contributed by atoms with Gasteiger partial charge in [0, 0.05) is 11.3 Å². The molecule has 0 spiro atoms. The molecule has 30 heavy (non-hydrogen) atoms. The van der Waals surface area contributed by atoms with Gasteiger partial charge in [0.2, 0.25) is 5.91 Å². The number of nitrogens with two attached hydrogens (primary N) is 1. The summed E-state index contributed by atoms with van der Waals surface area (Å²) in [5, 5.41) is 7.66. The normalized spacial score (nSPS) is 13.0. The molecule has 5 heteroatoms. The average molecular weight is 411 g/mol. The van der Waals surface area contributed by atoms with Gasteiger partial charge in [-0.15, -0.1) is 0 Å². The Morgan fingerprint density at radius 1 is 0.933 bits per heavy atom. The molecule has 5 nitrogen and oxygen atoms in total. The third-order valence-electron chi connectivity index (χ3n) is 5.31. The molecule has 2 aromatic rings. The Morgan fingerprint density at radius 2 is 1.53 bits per heavy atom. The fraction of sp³-hybridized carbons (Fsp3) is 0.440. The first-order valence-corrected chi connectivity index (χ1v) is 10.7. The first-order chi connectivity index (χ1) is 14.2. The summed E-state index contributed by atoms with van der Waals surface area (Å²) in [5.74, 6) is 0.271. The second kappa shape index (κ2) is 10.9. The monoisotopic (exact) mass is 410 g/mol. The summed E-state index contributed by atoms with van der Waals surface area (Å²) >= 11 is 0. The topological polar surface area (TPSA) is 74.8 Å². The number of amides is 2. The lowest BCUT2D eigenvalue weighted by Gasteiger charge is -2.17. The van der Waals surface area contributed by atoms with Crippen molar-refractivity contribution in [2.75, 3.05) is 11.9 Å². The van der Waals surface area contributed by atoms with E-state index in [-0.39, 0.29) is 30.4 Å². The number of hydrogen-bond acceptors (Lipinski definition) is 2. The molecule has 0 saturated carbocycles. The minimum absolute atomic E-state index is 0.0386. The molecule has 0 bridgehead atoms. The molecule has 0 fully saturated rings. The van der Waals surface area contributed by atoms with Crippen molar-refractivity contribution >= 4 is 17.5 Å². The predicted molar refractivity (Wildman–Crippen MR) is 122 cm³/mol. The lowest BCUT2D eigenvalue weighted by molar-refractivity contribution is -0.710. The van der Waals surface area contributed by atoms with E-state index in [9.17, 15) is 9.59 Å². The predicted octanol–water partition coefficient (Wildman–Crippen LogP) is 3.27. The van der Waals surface area contributed by atoms with Crippen LogP contribution in [0.2, 0.25) is 0 Å². The molecule has 0 heterocycles. The summed E-state index contributed by atoms with van der Waals surface area (Å²) in [5.41, 5.74) is 5.34. The molecule has 2 rings (SSSR count). The van der Waals surface area contributed by atoms with Crippen molar-refractivity contribution in [3.63, 3.8) is 0 Å². The summed E-state index contributed by atoms with van der Waals surface area (Å²) in [6.07, 6.45) is 1.07. The lowest BCUT2D eigenvalue weighted by atomic mass is 9.99. The summed E-state index contributed by atoms with van der Waals surface area (Å²) < 4.78 is 0. The standard InChI is InChI=1S/C25H35N3O2/c1-16(2)14-21-10-12-22(13-11-21)19(5)27-20(6)25(30)26-15-23(29)28-24-17(3)8-7-9-18(24)4/h7-13,16,19-20,27H,14-15H2,1-6H3,(H,26,30)(H,28,29)/p+1/t19-,20+/m0/s1. The van der Waals surface area contributed by atoms with Gasteiger partial charge in [0.05, 0.1) is 6.54 Å². The van der Waals surface area contributed by atoms with E-state index >= 15 is 0 Å². The van der Waals surface area contributed by atoms with Gasteiger partial charge in [0.15, 0.2) is 6.04 Å². The molecule has 0 saturated heterocycles. The Morgan fingerprint density at radius 3 is 2.10 bits per heavy atom. The molecule has 2 aromatic carbocycles. The zero-order valence-electron chi connectivity index (χ0n) is 19.1. The number of aryl methyl sites for hydroxylation is 2. The second-order valence-corrected chi connectivity index (χ2v) is 8.64. The fourth-order valence-electron chi connectivity index (χ4n) is 3.58. The fourth-order valence-corrected chi connectivity index (χ4v) is 3.58. The van der Waals surface area contributed by atoms with Crippen LogP contribution in [0.1, 0.15) is 56.0 Å². The van der Waals surface area contributed by atoms with Gasteiger partial charge in [-0.05, 0) is 56.7 Å². The molecular formula is C25H36N3O2+. The molecule has 2 amide bonds. The number of carbonyl (C=O) groups is 2. The Kier molecular flexibility index (Phi) is 8.60. The number of anilines is 1. The van der Waals surface area contributed by atoms with Crippen LogP contribution in [-0.2, 0) is 16.0 Å². The maximum atomic E-state index is 12.5. The number of carbonyl (C=O) groups excluding carboxylic acids is 2. The quantitative estimate of drug-likeness (QED) is 0.593. The molecule has 162 valence electrons. The maximum Gasteiger partial charge on any atom is 0.278 e. The van der Waals surface area contributed by atoms with Crippen LogP contribution in [0.15, 0.2) is 42.5 Å². The highest BCUT2D eigenvalue weighted by atomic mass is 16.2. The molecule has 0 radical (unpaired) electrons. The first-order valence-electron chi connectivity index (χ1n) is 10.7. The van der Waals surface area contributed by atoms with Crippen molar-refractivity contribution in [2.45, 2.75) is 60.0 Å². The van der Waals surface area contributed by atoms with E-state index in [0.717, 1.165) is 23.2 Å². The van der Waals surface area contributed by atoms with Crippen molar-refractivity contribution in [1.82, 2.24) is 5.32 Å². The minimum Gasteiger partial charge on any atom is -0.342 e. The smallest absolute Gasteiger partial charge is 0.278 e. The Hall–Kier alpha value is -2.66. The molecule has 0 aliphatic carbocycles. The SMILES string of the molecule is Cc1cccc(C)c1NC(=O)CNC(=O)[C@@H](C)[NH2+][C@@H](C)c1ccc(CC(C)C)cc1. The third-order valence-corrected chi connectivity index (χ3v) is 5.31. The van der Waals surface area contributed by atoms with Gasteiger partial charge >= 0.3 is 0 Å². The highest BCUT2D eigenvalue weighted by Gasteiger charge is 2.21. The van der Waals surface area contributed by atoms with Gasteiger partial charge in [-0.2, -0.15) is 0 Å². The molecule has 0 aliphatic heterocycles. The molecule has 0 aromatic heterocycles. The number of nitrogens with one attached hydrogen (secondary N) is 2. The van der Waals surface area contributed by atoms with Crippen molar-refractivity contribution in [1.29, 1.82) is 0 Å². The van der Waals surface area contributed by atoms with E-state index in [4.69, 9.17) is 0 Å². The van der Waals surface area contributed by atoms with Crippen LogP contribution >= 0.6 is 0 Å². The van der Waals surface area contributed by atoms with Crippen LogP contribution in [-0.4, -0.2) is 24.4 Å². The van der Waals surface area contributed by atoms with Crippen LogP contribution < -0.4 is 16.0 Å². The van der Waals surface area contributed by atoms with Gasteiger partial charge in [-0.3, -0.25) is 9.59 Å². The van der Waals surface area contributed by atoms with E-state index in [0.29, 0.717) is 5.92 Å². The number of hydrogen-bond donors (Lipinski definition) is 3. The van der Waals surface area contributed by atoms with Gasteiger partial charge in [0.25, 0.3) is 5.91 Å². The van der Waals surface area contributed by atoms with E-state index in [1.54, 1.807) is 0 Å². The highest BCUT2D eigenvalue weighted by molar-refractivity contribution is 5.96. The molecule has 0 unspecified atom stereocenters. The number of rotatable bonds is 9. The van der Waals surface area contributed by atoms with E-state index in [1.165, 1.54) is 11.1 Å². The number of benzene rings is 2. The average Bonchev–Trinajstić information content (AvgIpc) is 2.69. The van der Waals surface area contributed by atoms with Crippen LogP contribution in [0, 0.1) is 19.8 Å². The summed E-state index contributed by atoms with van der Waals surface area (Å²) in [6, 6.07) is 14.3. The zero-order valence-corrected chi connectivity index (χ0v) is 19.1. The van der Waals surface area contributed by atoms with Gasteiger partial charge < -0.3 is 16.0 Å². The summed E-state index contributed by atoms with van der Waals surface area (Å²) in [4.78, 5) is 24.7. The lowest BCUT2D eigenvalue weighted by Crippen LogP contribution is -2.92. The van der Waals surface area contributed by atoms with E-state index in [1.807, 2.05) is 44.3 Å². The zero-order chi connectivity index (χ0) is 22.3. The van der Waals surface area contributed by atoms with Crippen molar-refractivity contribution < 1.29 is 14.9 Å². The van der Waals surface area contributed by atoms with Crippen molar-refractivity contribution in [2.24, 2.45) is 5.92 Å². The summed E-state index contributed by atoms with van der Waals surface area (Å²) in [6.45, 7) is 12.3. The molecular weight excluding hydrogens is 374 g/mol. The first kappa shape index (κ1) is 23.6. The van der Waals surface area contributed by atoms with Gasteiger partial charge in [-0.1, -0.05) is 56.3 Å². The van der Waals surface area contributed by atoms with Crippen LogP contribution in [0.4, 0.5) is 5.69 Å². The highest BCUT2D eigenvalue weighted by Crippen LogP contribution is 2.19. The molecule has 2 atom stereocenters. The second-order valence-electron chi connectivity index (χ2n) is 8.64. The van der Waals surface area contributed by atoms with E-state index < -0.39 is 0 Å². The maximum absolute atomic E-state index is 12.5. The van der Waals surface area contributed by atoms with Crippen LogP contribution in [0.3, 0.4) is 0 Å². The van der Waals surface area contributed by atoms with E-state index in [2.05, 4.69) is 55.7 Å². The van der Waals surface area contributed by atoms with Gasteiger partial charge in [0.1, 0.15) is 6.04 Å². The third kappa shape index (κ3) is 6.99.